The highest BCUT2D eigenvalue weighted by molar-refractivity contribution is 5.26. The van der Waals surface area contributed by atoms with Crippen molar-refractivity contribution >= 4 is 0 Å². The van der Waals surface area contributed by atoms with Crippen molar-refractivity contribution < 1.29 is 5.11 Å². The minimum absolute atomic E-state index is 0.0394. The zero-order valence-corrected chi connectivity index (χ0v) is 9.54. The molecule has 0 bridgehead atoms. The Bertz CT molecular complexity index is 296. The first-order valence-corrected chi connectivity index (χ1v) is 5.14. The van der Waals surface area contributed by atoms with Crippen molar-refractivity contribution in [3.63, 3.8) is 0 Å². The molecule has 0 fully saturated rings. The average Bonchev–Trinajstić information content (AvgIpc) is 2.07. The van der Waals surface area contributed by atoms with Gasteiger partial charge in [0.15, 0.2) is 0 Å². The lowest BCUT2D eigenvalue weighted by Crippen LogP contribution is -2.28. The molecule has 0 radical (unpaired) electrons. The van der Waals surface area contributed by atoms with Gasteiger partial charge in [-0.1, -0.05) is 45.0 Å². The quantitative estimate of drug-likeness (QED) is 0.764. The Labute approximate surface area is 86.8 Å². The van der Waals surface area contributed by atoms with Gasteiger partial charge in [0, 0.05) is 0 Å². The van der Waals surface area contributed by atoms with E-state index in [-0.39, 0.29) is 11.5 Å². The Morgan fingerprint density at radius 2 is 1.79 bits per heavy atom. The smallest absolute Gasteiger partial charge is 0.0628 e. The maximum atomic E-state index is 9.96. The van der Waals surface area contributed by atoms with Crippen LogP contribution in [0.2, 0.25) is 0 Å². The van der Waals surface area contributed by atoms with E-state index in [2.05, 4.69) is 39.8 Å². The molecule has 0 amide bonds. The summed E-state index contributed by atoms with van der Waals surface area (Å²) in [6, 6.07) is 8.23. The molecule has 1 aromatic carbocycles. The fourth-order valence-electron chi connectivity index (χ4n) is 1.35. The van der Waals surface area contributed by atoms with Gasteiger partial charge in [-0.3, -0.25) is 0 Å². The molecule has 0 aliphatic carbocycles. The van der Waals surface area contributed by atoms with Crippen LogP contribution >= 0.6 is 0 Å². The third-order valence-electron chi connectivity index (χ3n) is 2.67. The summed E-state index contributed by atoms with van der Waals surface area (Å²) in [5.41, 5.74) is 2.47. The maximum absolute atomic E-state index is 9.96. The number of aliphatic hydroxyl groups excluding tert-OH is 1. The van der Waals surface area contributed by atoms with Crippen LogP contribution < -0.4 is 0 Å². The van der Waals surface area contributed by atoms with Gasteiger partial charge in [0.25, 0.3) is 0 Å². The molecule has 1 heteroatoms. The van der Waals surface area contributed by atoms with Crippen LogP contribution in [0.3, 0.4) is 0 Å². The first kappa shape index (κ1) is 11.3. The minimum atomic E-state index is -0.274. The Morgan fingerprint density at radius 3 is 2.29 bits per heavy atom. The largest absolute Gasteiger partial charge is 0.392 e. The van der Waals surface area contributed by atoms with Crippen molar-refractivity contribution in [1.82, 2.24) is 0 Å². The highest BCUT2D eigenvalue weighted by Crippen LogP contribution is 2.23. The summed E-state index contributed by atoms with van der Waals surface area (Å²) in [7, 11) is 0. The topological polar surface area (TPSA) is 20.2 Å². The van der Waals surface area contributed by atoms with E-state index < -0.39 is 0 Å². The lowest BCUT2D eigenvalue weighted by Gasteiger charge is -2.26. The van der Waals surface area contributed by atoms with Crippen molar-refractivity contribution in [1.29, 1.82) is 0 Å². The third-order valence-corrected chi connectivity index (χ3v) is 2.67. The monoisotopic (exact) mass is 192 g/mol. The maximum Gasteiger partial charge on any atom is 0.0628 e. The van der Waals surface area contributed by atoms with Crippen molar-refractivity contribution in [3.05, 3.63) is 35.4 Å². The second kappa shape index (κ2) is 4.14. The summed E-state index contributed by atoms with van der Waals surface area (Å²) in [5.74, 6) is 0. The van der Waals surface area contributed by atoms with Crippen molar-refractivity contribution in [2.75, 3.05) is 0 Å². The second-order valence-corrected chi connectivity index (χ2v) is 5.01. The molecule has 1 N–H and O–H groups in total. The molecule has 0 saturated carbocycles. The summed E-state index contributed by atoms with van der Waals surface area (Å²) >= 11 is 0. The lowest BCUT2D eigenvalue weighted by atomic mass is 9.85. The SMILES string of the molecule is Cc1ccccc1CC(O)C(C)(C)C. The van der Waals surface area contributed by atoms with Crippen LogP contribution in [0.1, 0.15) is 31.9 Å². The van der Waals surface area contributed by atoms with Crippen molar-refractivity contribution in [2.45, 2.75) is 40.2 Å². The summed E-state index contributed by atoms with van der Waals surface area (Å²) in [4.78, 5) is 0. The molecule has 1 rings (SSSR count). The Morgan fingerprint density at radius 1 is 1.21 bits per heavy atom. The molecule has 1 aromatic rings. The molecule has 78 valence electrons. The standard InChI is InChI=1S/C13H20O/c1-10-7-5-6-8-11(10)9-12(14)13(2,3)4/h5-8,12,14H,9H2,1-4H3. The van der Waals surface area contributed by atoms with E-state index in [1.807, 2.05) is 12.1 Å². The zero-order chi connectivity index (χ0) is 10.8. The van der Waals surface area contributed by atoms with Crippen LogP contribution in [0, 0.1) is 12.3 Å². The summed E-state index contributed by atoms with van der Waals surface area (Å²) < 4.78 is 0. The molecule has 0 saturated heterocycles. The highest BCUT2D eigenvalue weighted by atomic mass is 16.3. The van der Waals surface area contributed by atoms with Crippen LogP contribution in [-0.4, -0.2) is 11.2 Å². The third kappa shape index (κ3) is 2.85. The van der Waals surface area contributed by atoms with E-state index in [0.717, 1.165) is 6.42 Å². The number of rotatable bonds is 2. The number of hydrogen-bond donors (Lipinski definition) is 1. The highest BCUT2D eigenvalue weighted by Gasteiger charge is 2.22. The fourth-order valence-corrected chi connectivity index (χ4v) is 1.35. The number of aliphatic hydroxyl groups is 1. The lowest BCUT2D eigenvalue weighted by molar-refractivity contribution is 0.0635. The second-order valence-electron chi connectivity index (χ2n) is 5.01. The van der Waals surface area contributed by atoms with Gasteiger partial charge >= 0.3 is 0 Å². The van der Waals surface area contributed by atoms with E-state index in [9.17, 15) is 5.11 Å². The van der Waals surface area contributed by atoms with Crippen LogP contribution in [0.15, 0.2) is 24.3 Å². The summed E-state index contributed by atoms with van der Waals surface area (Å²) in [5, 5.41) is 9.96. The predicted octanol–water partition coefficient (Wildman–Crippen LogP) is 2.94. The van der Waals surface area contributed by atoms with Crippen LogP contribution in [-0.2, 0) is 6.42 Å². The Kier molecular flexibility index (Phi) is 3.33. The first-order valence-electron chi connectivity index (χ1n) is 5.14. The molecule has 1 unspecified atom stereocenters. The molecular formula is C13H20O. The average molecular weight is 192 g/mol. The molecule has 1 nitrogen and oxygen atoms in total. The van der Waals surface area contributed by atoms with Crippen LogP contribution in [0.4, 0.5) is 0 Å². The Balaban J connectivity index is 2.75. The van der Waals surface area contributed by atoms with E-state index in [4.69, 9.17) is 0 Å². The molecule has 0 heterocycles. The van der Waals surface area contributed by atoms with Crippen LogP contribution in [0.25, 0.3) is 0 Å². The summed E-state index contributed by atoms with van der Waals surface area (Å²) in [6.45, 7) is 8.28. The normalized spacial score (nSPS) is 14.1. The molecule has 1 atom stereocenters. The first-order chi connectivity index (χ1) is 6.41. The number of aryl methyl sites for hydroxylation is 1. The Hall–Kier alpha value is -0.820. The van der Waals surface area contributed by atoms with Gasteiger partial charge in [-0.2, -0.15) is 0 Å². The molecule has 14 heavy (non-hydrogen) atoms. The molecule has 0 spiro atoms. The molecular weight excluding hydrogens is 172 g/mol. The molecule has 0 aromatic heterocycles. The predicted molar refractivity (Wildman–Crippen MR) is 60.3 cm³/mol. The van der Waals surface area contributed by atoms with Crippen LogP contribution in [0.5, 0.6) is 0 Å². The van der Waals surface area contributed by atoms with E-state index in [1.165, 1.54) is 11.1 Å². The van der Waals surface area contributed by atoms with Crippen molar-refractivity contribution in [2.24, 2.45) is 5.41 Å². The van der Waals surface area contributed by atoms with Gasteiger partial charge in [-0.15, -0.1) is 0 Å². The van der Waals surface area contributed by atoms with E-state index in [1.54, 1.807) is 0 Å². The van der Waals surface area contributed by atoms with Gasteiger partial charge in [0.05, 0.1) is 6.10 Å². The van der Waals surface area contributed by atoms with Gasteiger partial charge in [-0.05, 0) is 29.9 Å². The van der Waals surface area contributed by atoms with Gasteiger partial charge in [0.1, 0.15) is 0 Å². The summed E-state index contributed by atoms with van der Waals surface area (Å²) in [6.07, 6.45) is 0.472. The van der Waals surface area contributed by atoms with E-state index >= 15 is 0 Å². The van der Waals surface area contributed by atoms with Gasteiger partial charge in [0.2, 0.25) is 0 Å². The van der Waals surface area contributed by atoms with Crippen molar-refractivity contribution in [3.8, 4) is 0 Å². The van der Waals surface area contributed by atoms with Gasteiger partial charge in [-0.25, -0.2) is 0 Å². The number of hydrogen-bond acceptors (Lipinski definition) is 1. The minimum Gasteiger partial charge on any atom is -0.392 e. The molecule has 0 aliphatic rings. The van der Waals surface area contributed by atoms with Gasteiger partial charge < -0.3 is 5.11 Å². The molecule has 0 aliphatic heterocycles. The number of benzene rings is 1. The van der Waals surface area contributed by atoms with E-state index in [0.29, 0.717) is 0 Å². The zero-order valence-electron chi connectivity index (χ0n) is 9.54. The fraction of sp³-hybridized carbons (Fsp3) is 0.538.